The van der Waals surface area contributed by atoms with Gasteiger partial charge in [-0.2, -0.15) is 0 Å². The Morgan fingerprint density at radius 3 is 2.21 bits per heavy atom. The van der Waals surface area contributed by atoms with Gasteiger partial charge in [0.05, 0.1) is 27.2 Å². The highest BCUT2D eigenvalue weighted by Crippen LogP contribution is 2.31. The normalized spacial score (nSPS) is 10.0. The van der Waals surface area contributed by atoms with E-state index in [1.54, 1.807) is 6.92 Å². The summed E-state index contributed by atoms with van der Waals surface area (Å²) in [5.74, 6) is -0.465. The lowest BCUT2D eigenvalue weighted by Crippen LogP contribution is -2.04. The van der Waals surface area contributed by atoms with Gasteiger partial charge in [-0.25, -0.2) is 4.79 Å². The van der Waals surface area contributed by atoms with Gasteiger partial charge in [-0.05, 0) is 19.1 Å². The van der Waals surface area contributed by atoms with Crippen LogP contribution in [-0.4, -0.2) is 12.6 Å². The molecule has 0 spiro atoms. The van der Waals surface area contributed by atoms with Crippen molar-refractivity contribution in [2.24, 2.45) is 0 Å². The first-order valence-electron chi connectivity index (χ1n) is 3.88. The van der Waals surface area contributed by atoms with Crippen molar-refractivity contribution in [2.75, 3.05) is 6.61 Å². The molecule has 0 radical (unpaired) electrons. The van der Waals surface area contributed by atoms with Crippen LogP contribution in [0.3, 0.4) is 0 Å². The van der Waals surface area contributed by atoms with Crippen molar-refractivity contribution in [1.29, 1.82) is 0 Å². The molecule has 0 unspecified atom stereocenters. The van der Waals surface area contributed by atoms with Crippen LogP contribution in [0.25, 0.3) is 0 Å². The minimum atomic E-state index is -0.465. The van der Waals surface area contributed by atoms with Crippen LogP contribution in [-0.2, 0) is 4.74 Å². The maximum Gasteiger partial charge on any atom is 0.338 e. The number of esters is 1. The molecule has 0 bridgehead atoms. The maximum absolute atomic E-state index is 11.3. The third-order valence-electron chi connectivity index (χ3n) is 1.49. The molecule has 14 heavy (non-hydrogen) atoms. The Morgan fingerprint density at radius 2 is 1.79 bits per heavy atom. The Bertz CT molecular complexity index is 340. The average Bonchev–Trinajstić information content (AvgIpc) is 2.13. The zero-order chi connectivity index (χ0) is 10.7. The molecular formula is C9H7Cl3O2. The molecule has 0 fully saturated rings. The molecule has 5 heteroatoms. The van der Waals surface area contributed by atoms with E-state index >= 15 is 0 Å². The molecule has 0 atom stereocenters. The van der Waals surface area contributed by atoms with Gasteiger partial charge in [-0.1, -0.05) is 34.8 Å². The minimum absolute atomic E-state index is 0.237. The molecule has 0 N–H and O–H groups in total. The zero-order valence-electron chi connectivity index (χ0n) is 7.31. The average molecular weight is 254 g/mol. The summed E-state index contributed by atoms with van der Waals surface area (Å²) in [7, 11) is 0. The van der Waals surface area contributed by atoms with Gasteiger partial charge in [0.15, 0.2) is 0 Å². The molecule has 0 saturated carbocycles. The Balaban J connectivity index is 3.06. The van der Waals surface area contributed by atoms with Gasteiger partial charge < -0.3 is 4.74 Å². The summed E-state index contributed by atoms with van der Waals surface area (Å²) in [4.78, 5) is 11.3. The number of halogens is 3. The molecule has 2 nitrogen and oxygen atoms in total. The molecule has 76 valence electrons. The lowest BCUT2D eigenvalue weighted by Gasteiger charge is -2.04. The number of carbonyl (C=O) groups is 1. The van der Waals surface area contributed by atoms with E-state index in [-0.39, 0.29) is 15.1 Å². The lowest BCUT2D eigenvalue weighted by molar-refractivity contribution is 0.0526. The summed E-state index contributed by atoms with van der Waals surface area (Å²) in [5.41, 5.74) is 0.297. The molecule has 0 aliphatic rings. The van der Waals surface area contributed by atoms with Crippen molar-refractivity contribution in [3.63, 3.8) is 0 Å². The topological polar surface area (TPSA) is 26.3 Å². The molecule has 0 aliphatic heterocycles. The smallest absolute Gasteiger partial charge is 0.338 e. The van der Waals surface area contributed by atoms with Crippen LogP contribution in [0, 0.1) is 0 Å². The number of rotatable bonds is 2. The second-order valence-electron chi connectivity index (χ2n) is 2.47. The Labute approximate surface area is 96.7 Å². The summed E-state index contributed by atoms with van der Waals surface area (Å²) in [6, 6.07) is 2.85. The van der Waals surface area contributed by atoms with E-state index in [1.807, 2.05) is 0 Å². The van der Waals surface area contributed by atoms with Gasteiger partial charge in [0.1, 0.15) is 0 Å². The van der Waals surface area contributed by atoms with E-state index in [9.17, 15) is 4.79 Å². The maximum atomic E-state index is 11.3. The Kier molecular flexibility index (Phi) is 4.05. The highest BCUT2D eigenvalue weighted by molar-refractivity contribution is 6.48. The summed E-state index contributed by atoms with van der Waals surface area (Å²) in [5, 5.41) is 0.714. The van der Waals surface area contributed by atoms with Crippen LogP contribution in [0.1, 0.15) is 17.3 Å². The molecule has 0 heterocycles. The SMILES string of the molecule is CCOC(=O)c1cc(Cl)c(Cl)c(Cl)c1. The minimum Gasteiger partial charge on any atom is -0.462 e. The lowest BCUT2D eigenvalue weighted by atomic mass is 10.2. The van der Waals surface area contributed by atoms with Crippen LogP contribution < -0.4 is 0 Å². The predicted octanol–water partition coefficient (Wildman–Crippen LogP) is 3.82. The molecule has 0 aromatic heterocycles. The van der Waals surface area contributed by atoms with Gasteiger partial charge >= 0.3 is 5.97 Å². The molecule has 1 rings (SSSR count). The Morgan fingerprint density at radius 1 is 1.29 bits per heavy atom. The van der Waals surface area contributed by atoms with Crippen molar-refractivity contribution < 1.29 is 9.53 Å². The van der Waals surface area contributed by atoms with Crippen molar-refractivity contribution in [3.8, 4) is 0 Å². The Hall–Kier alpha value is -0.440. The van der Waals surface area contributed by atoms with Crippen molar-refractivity contribution in [1.82, 2.24) is 0 Å². The second kappa shape index (κ2) is 4.87. The number of carbonyl (C=O) groups excluding carboxylic acids is 1. The molecule has 1 aromatic rings. The third-order valence-corrected chi connectivity index (χ3v) is 2.69. The second-order valence-corrected chi connectivity index (χ2v) is 3.67. The first-order chi connectivity index (χ1) is 6.56. The first kappa shape index (κ1) is 11.6. The van der Waals surface area contributed by atoms with Crippen LogP contribution in [0.4, 0.5) is 0 Å². The number of hydrogen-bond donors (Lipinski definition) is 0. The first-order valence-corrected chi connectivity index (χ1v) is 5.01. The number of ether oxygens (including phenoxy) is 1. The number of benzene rings is 1. The van der Waals surface area contributed by atoms with E-state index in [4.69, 9.17) is 39.5 Å². The molecule has 1 aromatic carbocycles. The standard InChI is InChI=1S/C9H7Cl3O2/c1-2-14-9(13)5-3-6(10)8(12)7(11)4-5/h3-4H,2H2,1H3. The van der Waals surface area contributed by atoms with E-state index in [2.05, 4.69) is 0 Å². The predicted molar refractivity (Wildman–Crippen MR) is 57.4 cm³/mol. The van der Waals surface area contributed by atoms with Gasteiger partial charge in [0.25, 0.3) is 0 Å². The number of hydrogen-bond acceptors (Lipinski definition) is 2. The van der Waals surface area contributed by atoms with E-state index in [0.717, 1.165) is 0 Å². The molecule has 0 saturated heterocycles. The van der Waals surface area contributed by atoms with Crippen molar-refractivity contribution in [2.45, 2.75) is 6.92 Å². The summed E-state index contributed by atoms with van der Waals surface area (Å²) in [6.45, 7) is 2.02. The van der Waals surface area contributed by atoms with Crippen LogP contribution in [0.15, 0.2) is 12.1 Å². The zero-order valence-corrected chi connectivity index (χ0v) is 9.58. The van der Waals surface area contributed by atoms with Crippen LogP contribution >= 0.6 is 34.8 Å². The van der Waals surface area contributed by atoms with Gasteiger partial charge in [0, 0.05) is 0 Å². The van der Waals surface area contributed by atoms with E-state index < -0.39 is 5.97 Å². The third kappa shape index (κ3) is 2.53. The largest absolute Gasteiger partial charge is 0.462 e. The molecule has 0 amide bonds. The molecule has 0 aliphatic carbocycles. The van der Waals surface area contributed by atoms with Crippen LogP contribution in [0.5, 0.6) is 0 Å². The summed E-state index contributed by atoms with van der Waals surface area (Å²) >= 11 is 17.2. The van der Waals surface area contributed by atoms with Gasteiger partial charge in [0.2, 0.25) is 0 Å². The fourth-order valence-electron chi connectivity index (χ4n) is 0.888. The summed E-state index contributed by atoms with van der Waals surface area (Å²) < 4.78 is 4.78. The highest BCUT2D eigenvalue weighted by atomic mass is 35.5. The van der Waals surface area contributed by atoms with Gasteiger partial charge in [-0.15, -0.1) is 0 Å². The van der Waals surface area contributed by atoms with Crippen LogP contribution in [0.2, 0.25) is 15.1 Å². The van der Waals surface area contributed by atoms with Gasteiger partial charge in [-0.3, -0.25) is 0 Å². The summed E-state index contributed by atoms with van der Waals surface area (Å²) in [6.07, 6.45) is 0. The quantitative estimate of drug-likeness (QED) is 0.591. The molecular weight excluding hydrogens is 246 g/mol. The monoisotopic (exact) mass is 252 g/mol. The fraction of sp³-hybridized carbons (Fsp3) is 0.222. The van der Waals surface area contributed by atoms with Crippen molar-refractivity contribution >= 4 is 40.8 Å². The van der Waals surface area contributed by atoms with E-state index in [0.29, 0.717) is 12.2 Å². The van der Waals surface area contributed by atoms with Crippen molar-refractivity contribution in [3.05, 3.63) is 32.8 Å². The highest BCUT2D eigenvalue weighted by Gasteiger charge is 2.12. The fourth-order valence-corrected chi connectivity index (χ4v) is 1.48. The van der Waals surface area contributed by atoms with E-state index in [1.165, 1.54) is 12.1 Å².